The van der Waals surface area contributed by atoms with Crippen molar-refractivity contribution in [1.29, 1.82) is 0 Å². The largest absolute Gasteiger partial charge is 0.321 e. The van der Waals surface area contributed by atoms with E-state index in [-0.39, 0.29) is 16.9 Å². The normalized spacial score (nSPS) is 10.5. The van der Waals surface area contributed by atoms with Crippen LogP contribution in [-0.2, 0) is 0 Å². The summed E-state index contributed by atoms with van der Waals surface area (Å²) in [4.78, 5) is 39.1. The van der Waals surface area contributed by atoms with Gasteiger partial charge in [0.05, 0.1) is 10.6 Å². The molecule has 0 radical (unpaired) electrons. The van der Waals surface area contributed by atoms with E-state index in [1.165, 1.54) is 35.0 Å². The molecule has 1 N–H and O–H groups in total. The zero-order chi connectivity index (χ0) is 17.3. The number of non-ortho nitro benzene ring substituents is 1. The van der Waals surface area contributed by atoms with E-state index in [4.69, 9.17) is 0 Å². The molecule has 3 rings (SSSR count). The van der Waals surface area contributed by atoms with Crippen LogP contribution in [0.2, 0.25) is 0 Å². The maximum atomic E-state index is 12.4. The highest BCUT2D eigenvalue weighted by Crippen LogP contribution is 2.22. The Balaban J connectivity index is 1.99. The van der Waals surface area contributed by atoms with Gasteiger partial charge in [0.2, 0.25) is 0 Å². The Morgan fingerprint density at radius 2 is 2.08 bits per heavy atom. The van der Waals surface area contributed by atoms with Crippen molar-refractivity contribution in [1.82, 2.24) is 9.38 Å². The molecule has 0 atom stereocenters. The van der Waals surface area contributed by atoms with Crippen molar-refractivity contribution in [3.05, 3.63) is 80.4 Å². The molecule has 0 aliphatic rings. The molecule has 0 aliphatic carbocycles. The summed E-state index contributed by atoms with van der Waals surface area (Å²) in [5, 5.41) is 13.4. The molecular formula is C16H12N4O4. The van der Waals surface area contributed by atoms with Crippen LogP contribution in [0.5, 0.6) is 0 Å². The van der Waals surface area contributed by atoms with Crippen LogP contribution < -0.4 is 10.9 Å². The van der Waals surface area contributed by atoms with E-state index >= 15 is 0 Å². The first kappa shape index (κ1) is 15.3. The molecule has 2 aromatic heterocycles. The van der Waals surface area contributed by atoms with Gasteiger partial charge in [-0.3, -0.25) is 24.1 Å². The van der Waals surface area contributed by atoms with Gasteiger partial charge in [-0.25, -0.2) is 4.98 Å². The number of hydrogen-bond donors (Lipinski definition) is 1. The average Bonchev–Trinajstić information content (AvgIpc) is 2.57. The van der Waals surface area contributed by atoms with Crippen molar-refractivity contribution >= 4 is 22.9 Å². The van der Waals surface area contributed by atoms with E-state index in [1.54, 1.807) is 25.1 Å². The lowest BCUT2D eigenvalue weighted by molar-refractivity contribution is -0.384. The van der Waals surface area contributed by atoms with Gasteiger partial charge in [-0.05, 0) is 24.6 Å². The average molecular weight is 324 g/mol. The monoisotopic (exact) mass is 324 g/mol. The van der Waals surface area contributed by atoms with Gasteiger partial charge < -0.3 is 5.32 Å². The Hall–Kier alpha value is -3.55. The minimum atomic E-state index is -0.672. The lowest BCUT2D eigenvalue weighted by Crippen LogP contribution is -2.26. The van der Waals surface area contributed by atoms with Crippen LogP contribution >= 0.6 is 0 Å². The molecule has 0 unspecified atom stereocenters. The van der Waals surface area contributed by atoms with E-state index in [0.717, 1.165) is 0 Å². The van der Waals surface area contributed by atoms with Crippen molar-refractivity contribution in [2.45, 2.75) is 6.92 Å². The molecule has 0 aliphatic heterocycles. The number of aromatic nitrogens is 2. The number of anilines is 1. The Morgan fingerprint density at radius 1 is 1.29 bits per heavy atom. The third kappa shape index (κ3) is 2.72. The van der Waals surface area contributed by atoms with Gasteiger partial charge in [-0.1, -0.05) is 12.1 Å². The highest BCUT2D eigenvalue weighted by atomic mass is 16.6. The van der Waals surface area contributed by atoms with Gasteiger partial charge in [-0.15, -0.1) is 0 Å². The van der Waals surface area contributed by atoms with Crippen LogP contribution in [0.3, 0.4) is 0 Å². The molecule has 1 amide bonds. The fourth-order valence-corrected chi connectivity index (χ4v) is 2.23. The van der Waals surface area contributed by atoms with E-state index in [0.29, 0.717) is 11.2 Å². The highest BCUT2D eigenvalue weighted by molar-refractivity contribution is 6.04. The molecular weight excluding hydrogens is 312 g/mol. The number of nitrogens with zero attached hydrogens (tertiary/aromatic N) is 3. The quantitative estimate of drug-likeness (QED) is 0.587. The fourth-order valence-electron chi connectivity index (χ4n) is 2.23. The van der Waals surface area contributed by atoms with Crippen molar-refractivity contribution in [3.8, 4) is 0 Å². The molecule has 24 heavy (non-hydrogen) atoms. The summed E-state index contributed by atoms with van der Waals surface area (Å²) in [5.74, 6) is -0.672. The first-order chi connectivity index (χ1) is 11.5. The predicted molar refractivity (Wildman–Crippen MR) is 87.2 cm³/mol. The van der Waals surface area contributed by atoms with Crippen LogP contribution in [0.4, 0.5) is 11.4 Å². The maximum absolute atomic E-state index is 12.4. The topological polar surface area (TPSA) is 107 Å². The summed E-state index contributed by atoms with van der Waals surface area (Å²) in [6, 6.07) is 9.15. The standard InChI is InChI=1S/C16H12N4O4/c1-10-5-6-11(20(23)24)8-13(10)18-15(21)12-9-17-14-4-2-3-7-19(14)16(12)22/h2-9H,1H3,(H,18,21). The summed E-state index contributed by atoms with van der Waals surface area (Å²) in [6.07, 6.45) is 2.71. The van der Waals surface area contributed by atoms with Crippen LogP contribution in [0.1, 0.15) is 15.9 Å². The number of carbonyl (C=O) groups excluding carboxylic acids is 1. The van der Waals surface area contributed by atoms with Crippen LogP contribution in [0, 0.1) is 17.0 Å². The molecule has 120 valence electrons. The first-order valence-electron chi connectivity index (χ1n) is 7.00. The van der Waals surface area contributed by atoms with Crippen LogP contribution in [0.25, 0.3) is 5.65 Å². The third-order valence-electron chi connectivity index (χ3n) is 3.54. The minimum Gasteiger partial charge on any atom is -0.321 e. The van der Waals surface area contributed by atoms with Gasteiger partial charge in [0.25, 0.3) is 17.2 Å². The van der Waals surface area contributed by atoms with Crippen molar-refractivity contribution < 1.29 is 9.72 Å². The molecule has 0 saturated heterocycles. The zero-order valence-corrected chi connectivity index (χ0v) is 12.6. The molecule has 8 heteroatoms. The van der Waals surface area contributed by atoms with Crippen LogP contribution in [0.15, 0.2) is 53.6 Å². The molecule has 0 spiro atoms. The second-order valence-corrected chi connectivity index (χ2v) is 5.12. The minimum absolute atomic E-state index is 0.149. The van der Waals surface area contributed by atoms with Crippen molar-refractivity contribution in [2.24, 2.45) is 0 Å². The fraction of sp³-hybridized carbons (Fsp3) is 0.0625. The smallest absolute Gasteiger partial charge is 0.271 e. The number of nitrogens with one attached hydrogen (secondary N) is 1. The highest BCUT2D eigenvalue weighted by Gasteiger charge is 2.16. The number of hydrogen-bond acceptors (Lipinski definition) is 5. The maximum Gasteiger partial charge on any atom is 0.271 e. The molecule has 8 nitrogen and oxygen atoms in total. The van der Waals surface area contributed by atoms with E-state index in [2.05, 4.69) is 10.3 Å². The number of pyridine rings is 1. The van der Waals surface area contributed by atoms with Gasteiger partial charge in [0.15, 0.2) is 0 Å². The number of amides is 1. The SMILES string of the molecule is Cc1ccc([N+](=O)[O-])cc1NC(=O)c1cnc2ccccn2c1=O. The van der Waals surface area contributed by atoms with Gasteiger partial charge >= 0.3 is 0 Å². The summed E-state index contributed by atoms with van der Waals surface area (Å²) in [7, 11) is 0. The van der Waals surface area contributed by atoms with Crippen molar-refractivity contribution in [3.63, 3.8) is 0 Å². The number of carbonyl (C=O) groups is 1. The lowest BCUT2D eigenvalue weighted by Gasteiger charge is -2.08. The number of nitro benzene ring substituents is 1. The summed E-state index contributed by atoms with van der Waals surface area (Å²) < 4.78 is 1.26. The summed E-state index contributed by atoms with van der Waals surface area (Å²) in [5.41, 5.74) is 0.523. The number of fused-ring (bicyclic) bond motifs is 1. The van der Waals surface area contributed by atoms with Crippen LogP contribution in [-0.4, -0.2) is 20.2 Å². The summed E-state index contributed by atoms with van der Waals surface area (Å²) in [6.45, 7) is 1.70. The third-order valence-corrected chi connectivity index (χ3v) is 3.54. The zero-order valence-electron chi connectivity index (χ0n) is 12.6. The Bertz CT molecular complexity index is 1030. The van der Waals surface area contributed by atoms with Gasteiger partial charge in [-0.2, -0.15) is 0 Å². The molecule has 0 fully saturated rings. The van der Waals surface area contributed by atoms with Crippen molar-refractivity contribution in [2.75, 3.05) is 5.32 Å². The molecule has 0 bridgehead atoms. The Labute approximate surface area is 135 Å². The molecule has 1 aromatic carbocycles. The van der Waals surface area contributed by atoms with Gasteiger partial charge in [0.1, 0.15) is 11.2 Å². The Kier molecular flexibility index (Phi) is 3.78. The molecule has 0 saturated carbocycles. The number of rotatable bonds is 3. The van der Waals surface area contributed by atoms with E-state index in [1.807, 2.05) is 0 Å². The number of benzene rings is 1. The first-order valence-corrected chi connectivity index (χ1v) is 7.00. The number of nitro groups is 1. The van der Waals surface area contributed by atoms with Gasteiger partial charge in [0, 0.05) is 24.5 Å². The molecule has 3 aromatic rings. The second-order valence-electron chi connectivity index (χ2n) is 5.12. The number of aryl methyl sites for hydroxylation is 1. The molecule has 2 heterocycles. The van der Waals surface area contributed by atoms with E-state index in [9.17, 15) is 19.7 Å². The Morgan fingerprint density at radius 3 is 2.83 bits per heavy atom. The van der Waals surface area contributed by atoms with E-state index < -0.39 is 16.4 Å². The lowest BCUT2D eigenvalue weighted by atomic mass is 10.1. The second kappa shape index (κ2) is 5.92. The predicted octanol–water partition coefficient (Wildman–Crippen LogP) is 2.16. The summed E-state index contributed by atoms with van der Waals surface area (Å²) >= 11 is 0.